The molecule has 3 atom stereocenters. The van der Waals surface area contributed by atoms with Gasteiger partial charge in [0.25, 0.3) is 0 Å². The molecule has 1 heterocycles. The molecule has 0 amide bonds. The number of aliphatic hydroxyl groups is 1. The number of hydrogen-bond donors (Lipinski definition) is 1. The summed E-state index contributed by atoms with van der Waals surface area (Å²) in [5, 5.41) is 10.3. The van der Waals surface area contributed by atoms with E-state index >= 15 is 0 Å². The average Bonchev–Trinajstić information content (AvgIpc) is 2.44. The predicted molar refractivity (Wildman–Crippen MR) is 88.5 cm³/mol. The van der Waals surface area contributed by atoms with E-state index < -0.39 is 6.10 Å². The maximum Gasteiger partial charge on any atom is 0.122 e. The van der Waals surface area contributed by atoms with Crippen molar-refractivity contribution in [3.63, 3.8) is 0 Å². The van der Waals surface area contributed by atoms with Crippen LogP contribution in [0.4, 0.5) is 0 Å². The van der Waals surface area contributed by atoms with E-state index in [1.54, 1.807) is 0 Å². The van der Waals surface area contributed by atoms with E-state index in [1.165, 1.54) is 5.56 Å². The molecule has 1 saturated heterocycles. The van der Waals surface area contributed by atoms with Gasteiger partial charge in [0.15, 0.2) is 0 Å². The third-order valence-corrected chi connectivity index (χ3v) is 3.94. The minimum Gasteiger partial charge on any atom is -0.491 e. The number of para-hydroxylation sites is 1. The zero-order valence-corrected chi connectivity index (χ0v) is 14.2. The molecule has 0 aliphatic carbocycles. The van der Waals surface area contributed by atoms with E-state index in [4.69, 9.17) is 9.47 Å². The Labute approximate surface area is 134 Å². The van der Waals surface area contributed by atoms with Crippen LogP contribution in [0.15, 0.2) is 24.3 Å². The van der Waals surface area contributed by atoms with Gasteiger partial charge < -0.3 is 14.6 Å². The van der Waals surface area contributed by atoms with Crippen molar-refractivity contribution in [3.8, 4) is 5.75 Å². The fraction of sp³-hybridized carbons (Fsp3) is 0.667. The molecule has 22 heavy (non-hydrogen) atoms. The number of morpholine rings is 1. The van der Waals surface area contributed by atoms with Crippen molar-refractivity contribution in [2.75, 3.05) is 26.2 Å². The Bertz CT molecular complexity index is 453. The molecular weight excluding hydrogens is 278 g/mol. The van der Waals surface area contributed by atoms with Crippen LogP contribution in [0.3, 0.4) is 0 Å². The van der Waals surface area contributed by atoms with E-state index in [1.807, 2.05) is 18.2 Å². The SMILES string of the molecule is CC(C)c1ccccc1OC[C@H](O)CN1C[C@@H](C)O[C@@H](C)C1. The van der Waals surface area contributed by atoms with Crippen molar-refractivity contribution in [1.29, 1.82) is 0 Å². The summed E-state index contributed by atoms with van der Waals surface area (Å²) in [6, 6.07) is 8.05. The second kappa shape index (κ2) is 7.95. The van der Waals surface area contributed by atoms with Gasteiger partial charge in [-0.2, -0.15) is 0 Å². The maximum atomic E-state index is 10.3. The fourth-order valence-corrected chi connectivity index (χ4v) is 3.06. The molecule has 0 saturated carbocycles. The summed E-state index contributed by atoms with van der Waals surface area (Å²) >= 11 is 0. The third kappa shape index (κ3) is 4.97. The number of ether oxygens (including phenoxy) is 2. The van der Waals surface area contributed by atoms with E-state index in [0.29, 0.717) is 19.1 Å². The van der Waals surface area contributed by atoms with Gasteiger partial charge in [-0.25, -0.2) is 0 Å². The van der Waals surface area contributed by atoms with Crippen LogP contribution in [-0.2, 0) is 4.74 Å². The Morgan fingerprint density at radius 3 is 2.50 bits per heavy atom. The van der Waals surface area contributed by atoms with Gasteiger partial charge in [0.1, 0.15) is 18.5 Å². The standard InChI is InChI=1S/C18H29NO3/c1-13(2)17-7-5-6-8-18(17)21-12-16(20)11-19-9-14(3)22-15(4)10-19/h5-8,13-16,20H,9-12H2,1-4H3/t14-,15+,16-/m1/s1. The molecule has 0 spiro atoms. The first-order chi connectivity index (χ1) is 10.5. The fourth-order valence-electron chi connectivity index (χ4n) is 3.06. The van der Waals surface area contributed by atoms with Crippen molar-refractivity contribution in [2.24, 2.45) is 0 Å². The molecule has 0 aromatic heterocycles. The molecule has 0 unspecified atom stereocenters. The molecule has 2 rings (SSSR count). The van der Waals surface area contributed by atoms with Gasteiger partial charge in [-0.3, -0.25) is 4.90 Å². The smallest absolute Gasteiger partial charge is 0.122 e. The third-order valence-electron chi connectivity index (χ3n) is 3.94. The Hall–Kier alpha value is -1.10. The monoisotopic (exact) mass is 307 g/mol. The summed E-state index contributed by atoms with van der Waals surface area (Å²) < 4.78 is 11.6. The molecule has 0 radical (unpaired) electrons. The summed E-state index contributed by atoms with van der Waals surface area (Å²) in [7, 11) is 0. The Kier molecular flexibility index (Phi) is 6.24. The molecule has 0 bridgehead atoms. The van der Waals surface area contributed by atoms with Gasteiger partial charge in [-0.05, 0) is 31.4 Å². The van der Waals surface area contributed by atoms with Crippen LogP contribution in [0.5, 0.6) is 5.75 Å². The minimum atomic E-state index is -0.488. The second-order valence-electron chi connectivity index (χ2n) is 6.63. The molecule has 1 fully saturated rings. The topological polar surface area (TPSA) is 41.9 Å². The van der Waals surface area contributed by atoms with Crippen LogP contribution in [-0.4, -0.2) is 54.6 Å². The van der Waals surface area contributed by atoms with Crippen molar-refractivity contribution in [3.05, 3.63) is 29.8 Å². The predicted octanol–water partition coefficient (Wildman–Crippen LogP) is 2.66. The lowest BCUT2D eigenvalue weighted by atomic mass is 10.0. The molecule has 124 valence electrons. The van der Waals surface area contributed by atoms with Gasteiger partial charge in [0, 0.05) is 19.6 Å². The maximum absolute atomic E-state index is 10.3. The summed E-state index contributed by atoms with van der Waals surface area (Å²) in [5.74, 6) is 1.29. The Morgan fingerprint density at radius 2 is 1.86 bits per heavy atom. The van der Waals surface area contributed by atoms with Crippen molar-refractivity contribution in [2.45, 2.75) is 51.9 Å². The molecular formula is C18H29NO3. The quantitative estimate of drug-likeness (QED) is 0.877. The highest BCUT2D eigenvalue weighted by atomic mass is 16.5. The lowest BCUT2D eigenvalue weighted by molar-refractivity contribution is -0.0787. The highest BCUT2D eigenvalue weighted by molar-refractivity contribution is 5.35. The Morgan fingerprint density at radius 1 is 1.23 bits per heavy atom. The highest BCUT2D eigenvalue weighted by Gasteiger charge is 2.24. The number of aliphatic hydroxyl groups excluding tert-OH is 1. The van der Waals surface area contributed by atoms with Gasteiger partial charge in [-0.15, -0.1) is 0 Å². The van der Waals surface area contributed by atoms with Crippen LogP contribution < -0.4 is 4.74 Å². The van der Waals surface area contributed by atoms with Gasteiger partial charge >= 0.3 is 0 Å². The lowest BCUT2D eigenvalue weighted by Gasteiger charge is -2.36. The van der Waals surface area contributed by atoms with E-state index in [-0.39, 0.29) is 12.2 Å². The van der Waals surface area contributed by atoms with E-state index in [9.17, 15) is 5.11 Å². The average molecular weight is 307 g/mol. The van der Waals surface area contributed by atoms with Crippen molar-refractivity contribution in [1.82, 2.24) is 4.90 Å². The summed E-state index contributed by atoms with van der Waals surface area (Å²) in [6.45, 7) is 11.1. The number of β-amino-alcohol motifs (C(OH)–C–C–N with tert-alkyl or cyclic N) is 1. The first-order valence-corrected chi connectivity index (χ1v) is 8.23. The normalized spacial score (nSPS) is 24.5. The number of benzene rings is 1. The lowest BCUT2D eigenvalue weighted by Crippen LogP contribution is -2.48. The number of nitrogens with zero attached hydrogens (tertiary/aromatic N) is 1. The largest absolute Gasteiger partial charge is 0.491 e. The molecule has 4 nitrogen and oxygen atoms in total. The first kappa shape index (κ1) is 17.3. The van der Waals surface area contributed by atoms with E-state index in [2.05, 4.69) is 38.7 Å². The van der Waals surface area contributed by atoms with Crippen molar-refractivity contribution >= 4 is 0 Å². The molecule has 1 aromatic rings. The molecule has 1 aromatic carbocycles. The van der Waals surface area contributed by atoms with Crippen LogP contribution in [0.2, 0.25) is 0 Å². The van der Waals surface area contributed by atoms with E-state index in [0.717, 1.165) is 18.8 Å². The van der Waals surface area contributed by atoms with Gasteiger partial charge in [0.2, 0.25) is 0 Å². The van der Waals surface area contributed by atoms with Crippen LogP contribution in [0.25, 0.3) is 0 Å². The summed E-state index contributed by atoms with van der Waals surface area (Å²) in [4.78, 5) is 2.25. The van der Waals surface area contributed by atoms with Crippen LogP contribution in [0.1, 0.15) is 39.2 Å². The Balaban J connectivity index is 1.84. The first-order valence-electron chi connectivity index (χ1n) is 8.23. The van der Waals surface area contributed by atoms with Crippen molar-refractivity contribution < 1.29 is 14.6 Å². The molecule has 1 aliphatic rings. The summed E-state index contributed by atoms with van der Waals surface area (Å²) in [5.41, 5.74) is 1.18. The number of hydrogen-bond acceptors (Lipinski definition) is 4. The molecule has 1 N–H and O–H groups in total. The zero-order chi connectivity index (χ0) is 16.1. The number of rotatable bonds is 6. The minimum absolute atomic E-state index is 0.221. The highest BCUT2D eigenvalue weighted by Crippen LogP contribution is 2.25. The zero-order valence-electron chi connectivity index (χ0n) is 14.2. The van der Waals surface area contributed by atoms with Crippen LogP contribution in [0, 0.1) is 0 Å². The van der Waals surface area contributed by atoms with Crippen LogP contribution >= 0.6 is 0 Å². The van der Waals surface area contributed by atoms with Gasteiger partial charge in [-0.1, -0.05) is 32.0 Å². The molecule has 1 aliphatic heterocycles. The molecule has 4 heteroatoms. The summed E-state index contributed by atoms with van der Waals surface area (Å²) in [6.07, 6.45) is -0.0465. The van der Waals surface area contributed by atoms with Gasteiger partial charge in [0.05, 0.1) is 12.2 Å². The second-order valence-corrected chi connectivity index (χ2v) is 6.63.